The highest BCUT2D eigenvalue weighted by molar-refractivity contribution is 5.51. The molecule has 0 amide bonds. The lowest BCUT2D eigenvalue weighted by molar-refractivity contribution is 0.414. The summed E-state index contributed by atoms with van der Waals surface area (Å²) in [6, 6.07) is 0. The fraction of sp³-hybridized carbons (Fsp3) is 0.143. The molecular weight excluding hydrogens is 142 g/mol. The first-order valence-electron chi connectivity index (χ1n) is 3.14. The lowest BCUT2D eigenvalue weighted by Crippen LogP contribution is -1.90. The average molecular weight is 148 g/mol. The van der Waals surface area contributed by atoms with Crippen molar-refractivity contribution < 1.29 is 4.74 Å². The Morgan fingerprint density at radius 1 is 1.64 bits per heavy atom. The molecule has 0 spiro atoms. The number of methoxy groups -OCH3 is 1. The van der Waals surface area contributed by atoms with Crippen LogP contribution >= 0.6 is 0 Å². The van der Waals surface area contributed by atoms with E-state index < -0.39 is 0 Å². The van der Waals surface area contributed by atoms with Crippen LogP contribution in [0.25, 0.3) is 5.65 Å². The van der Waals surface area contributed by atoms with Crippen LogP contribution in [0.2, 0.25) is 0 Å². The van der Waals surface area contributed by atoms with E-state index in [1.165, 1.54) is 0 Å². The van der Waals surface area contributed by atoms with Gasteiger partial charge in [0.15, 0.2) is 11.4 Å². The SMILES string of the molecule is COc1cncn2c[c]nc12. The Labute approximate surface area is 63.5 Å². The van der Waals surface area contributed by atoms with Crippen LogP contribution in [0.3, 0.4) is 0 Å². The lowest BCUT2D eigenvalue weighted by atomic mass is 10.5. The van der Waals surface area contributed by atoms with Gasteiger partial charge >= 0.3 is 0 Å². The minimum atomic E-state index is 0.661. The summed E-state index contributed by atoms with van der Waals surface area (Å²) in [5, 5.41) is 0. The molecule has 0 N–H and O–H groups in total. The molecular formula is C7H6N3O. The zero-order valence-electron chi connectivity index (χ0n) is 5.98. The Hall–Kier alpha value is -1.58. The van der Waals surface area contributed by atoms with E-state index in [-0.39, 0.29) is 0 Å². The first-order valence-corrected chi connectivity index (χ1v) is 3.14. The summed E-state index contributed by atoms with van der Waals surface area (Å²) in [5.41, 5.74) is 0.738. The molecule has 4 nitrogen and oxygen atoms in total. The smallest absolute Gasteiger partial charge is 0.183 e. The monoisotopic (exact) mass is 148 g/mol. The molecule has 2 rings (SSSR count). The first kappa shape index (κ1) is 6.15. The minimum absolute atomic E-state index is 0.661. The number of rotatable bonds is 1. The van der Waals surface area contributed by atoms with Crippen LogP contribution in [0.15, 0.2) is 18.7 Å². The molecule has 0 aromatic carbocycles. The van der Waals surface area contributed by atoms with Crippen molar-refractivity contribution in [3.05, 3.63) is 24.9 Å². The third-order valence-electron chi connectivity index (χ3n) is 1.43. The van der Waals surface area contributed by atoms with Crippen LogP contribution in [0.1, 0.15) is 0 Å². The van der Waals surface area contributed by atoms with E-state index in [0.29, 0.717) is 5.75 Å². The number of imidazole rings is 1. The van der Waals surface area contributed by atoms with Crippen LogP contribution in [-0.2, 0) is 0 Å². The van der Waals surface area contributed by atoms with Gasteiger partial charge in [-0.1, -0.05) is 0 Å². The topological polar surface area (TPSA) is 39.4 Å². The molecule has 0 saturated carbocycles. The predicted molar refractivity (Wildman–Crippen MR) is 38.4 cm³/mol. The second kappa shape index (κ2) is 2.23. The van der Waals surface area contributed by atoms with E-state index in [1.807, 2.05) is 0 Å². The van der Waals surface area contributed by atoms with Gasteiger partial charge in [-0.25, -0.2) is 9.97 Å². The van der Waals surface area contributed by atoms with Gasteiger partial charge in [0.1, 0.15) is 12.5 Å². The maximum Gasteiger partial charge on any atom is 0.183 e. The van der Waals surface area contributed by atoms with Crippen molar-refractivity contribution in [2.45, 2.75) is 0 Å². The predicted octanol–water partition coefficient (Wildman–Crippen LogP) is 0.538. The molecule has 0 aliphatic rings. The van der Waals surface area contributed by atoms with Crippen LogP contribution < -0.4 is 4.74 Å². The molecule has 2 aromatic heterocycles. The van der Waals surface area contributed by atoms with Gasteiger partial charge in [0.25, 0.3) is 0 Å². The zero-order chi connectivity index (χ0) is 7.68. The quantitative estimate of drug-likeness (QED) is 0.592. The molecule has 0 atom stereocenters. The largest absolute Gasteiger partial charge is 0.491 e. The molecule has 0 fully saturated rings. The molecule has 4 heteroatoms. The Morgan fingerprint density at radius 2 is 2.55 bits per heavy atom. The van der Waals surface area contributed by atoms with E-state index in [0.717, 1.165) is 5.65 Å². The number of aromatic nitrogens is 3. The minimum Gasteiger partial charge on any atom is -0.491 e. The summed E-state index contributed by atoms with van der Waals surface area (Å²) in [6.07, 6.45) is 7.68. The fourth-order valence-corrected chi connectivity index (χ4v) is 0.916. The van der Waals surface area contributed by atoms with Gasteiger partial charge in [0, 0.05) is 6.20 Å². The Bertz CT molecular complexity index is 368. The molecule has 0 bridgehead atoms. The van der Waals surface area contributed by atoms with Crippen LogP contribution in [0, 0.1) is 6.20 Å². The average Bonchev–Trinajstić information content (AvgIpc) is 2.50. The van der Waals surface area contributed by atoms with E-state index in [4.69, 9.17) is 4.74 Å². The summed E-state index contributed by atoms with van der Waals surface area (Å²) in [6.45, 7) is 0. The van der Waals surface area contributed by atoms with Crippen molar-refractivity contribution in [1.82, 2.24) is 14.4 Å². The maximum absolute atomic E-state index is 5.02. The van der Waals surface area contributed by atoms with E-state index in [1.54, 1.807) is 30.2 Å². The van der Waals surface area contributed by atoms with Crippen LogP contribution in [-0.4, -0.2) is 21.5 Å². The molecule has 11 heavy (non-hydrogen) atoms. The third-order valence-corrected chi connectivity index (χ3v) is 1.43. The number of hydrogen-bond acceptors (Lipinski definition) is 3. The molecule has 0 unspecified atom stereocenters. The van der Waals surface area contributed by atoms with Gasteiger partial charge < -0.3 is 4.74 Å². The van der Waals surface area contributed by atoms with Gasteiger partial charge in [0.2, 0.25) is 0 Å². The van der Waals surface area contributed by atoms with Crippen LogP contribution in [0.5, 0.6) is 5.75 Å². The molecule has 2 heterocycles. The molecule has 1 radical (unpaired) electrons. The Kier molecular flexibility index (Phi) is 1.25. The van der Waals surface area contributed by atoms with Crippen molar-refractivity contribution in [2.75, 3.05) is 7.11 Å². The maximum atomic E-state index is 5.02. The second-order valence-corrected chi connectivity index (χ2v) is 2.06. The second-order valence-electron chi connectivity index (χ2n) is 2.06. The first-order chi connectivity index (χ1) is 5.42. The van der Waals surface area contributed by atoms with Crippen molar-refractivity contribution in [1.29, 1.82) is 0 Å². The summed E-state index contributed by atoms with van der Waals surface area (Å²) in [7, 11) is 1.59. The highest BCUT2D eigenvalue weighted by Gasteiger charge is 2.00. The number of fused-ring (bicyclic) bond motifs is 1. The fourth-order valence-electron chi connectivity index (χ4n) is 0.916. The van der Waals surface area contributed by atoms with E-state index >= 15 is 0 Å². The van der Waals surface area contributed by atoms with Crippen molar-refractivity contribution >= 4 is 5.65 Å². The van der Waals surface area contributed by atoms with Crippen molar-refractivity contribution in [3.8, 4) is 5.75 Å². The normalized spacial score (nSPS) is 10.3. The molecule has 0 aliphatic carbocycles. The molecule has 0 saturated heterocycles. The summed E-state index contributed by atoms with van der Waals surface area (Å²) < 4.78 is 6.77. The molecule has 55 valence electrons. The highest BCUT2D eigenvalue weighted by Crippen LogP contribution is 2.13. The van der Waals surface area contributed by atoms with Gasteiger partial charge in [-0.3, -0.25) is 4.40 Å². The Morgan fingerprint density at radius 3 is 3.36 bits per heavy atom. The van der Waals surface area contributed by atoms with Gasteiger partial charge in [-0.05, 0) is 0 Å². The summed E-state index contributed by atoms with van der Waals surface area (Å²) in [4.78, 5) is 7.90. The van der Waals surface area contributed by atoms with Crippen molar-refractivity contribution in [2.24, 2.45) is 0 Å². The van der Waals surface area contributed by atoms with Crippen LogP contribution in [0.4, 0.5) is 0 Å². The van der Waals surface area contributed by atoms with Crippen molar-refractivity contribution in [3.63, 3.8) is 0 Å². The number of ether oxygens (including phenoxy) is 1. The number of nitrogens with zero attached hydrogens (tertiary/aromatic N) is 3. The van der Waals surface area contributed by atoms with Gasteiger partial charge in [-0.15, -0.1) is 0 Å². The summed E-state index contributed by atoms with van der Waals surface area (Å²) in [5.74, 6) is 0.661. The molecule has 2 aromatic rings. The van der Waals surface area contributed by atoms with E-state index in [9.17, 15) is 0 Å². The highest BCUT2D eigenvalue weighted by atomic mass is 16.5. The lowest BCUT2D eigenvalue weighted by Gasteiger charge is -1.98. The zero-order valence-corrected chi connectivity index (χ0v) is 5.98. The number of hydrogen-bond donors (Lipinski definition) is 0. The summed E-state index contributed by atoms with van der Waals surface area (Å²) >= 11 is 0. The Balaban J connectivity index is 2.79. The van der Waals surface area contributed by atoms with Gasteiger partial charge in [0.05, 0.1) is 13.3 Å². The standard InChI is InChI=1S/C7H6N3O/c1-11-6-4-8-5-10-3-2-9-7(6)10/h3-5H,1H3. The third kappa shape index (κ3) is 0.832. The van der Waals surface area contributed by atoms with E-state index in [2.05, 4.69) is 16.2 Å². The molecule has 0 aliphatic heterocycles. The van der Waals surface area contributed by atoms with Gasteiger partial charge in [-0.2, -0.15) is 0 Å².